The first-order chi connectivity index (χ1) is 10.3. The van der Waals surface area contributed by atoms with Crippen molar-refractivity contribution >= 4 is 17.4 Å². The Morgan fingerprint density at radius 3 is 2.55 bits per heavy atom. The second-order valence-electron chi connectivity index (χ2n) is 7.46. The fraction of sp³-hybridized carbons (Fsp3) is 0.579. The molecule has 0 aliphatic carbocycles. The number of ketones is 1. The lowest BCUT2D eigenvalue weighted by Crippen LogP contribution is -2.25. The molecular weight excluding hydrogens is 274 g/mol. The van der Waals surface area contributed by atoms with E-state index in [0.717, 1.165) is 49.0 Å². The van der Waals surface area contributed by atoms with Crippen molar-refractivity contribution in [3.63, 3.8) is 0 Å². The lowest BCUT2D eigenvalue weighted by atomic mass is 9.89. The van der Waals surface area contributed by atoms with Crippen LogP contribution in [0, 0.1) is 5.41 Å². The van der Waals surface area contributed by atoms with Crippen LogP contribution in [0.15, 0.2) is 18.2 Å². The monoisotopic (exact) mass is 301 g/mol. The first kappa shape index (κ1) is 16.7. The van der Waals surface area contributed by atoms with Gasteiger partial charge < -0.3 is 4.90 Å². The Labute approximate surface area is 133 Å². The number of anilines is 1. The molecule has 0 unspecified atom stereocenters. The molecule has 3 heteroatoms. The number of hydrogen-bond donors (Lipinski definition) is 0. The Balaban J connectivity index is 1.94. The highest BCUT2D eigenvalue weighted by Crippen LogP contribution is 2.29. The van der Waals surface area contributed by atoms with Gasteiger partial charge in [-0.15, -0.1) is 0 Å². The molecule has 3 nitrogen and oxygen atoms in total. The number of fused-ring (bicyclic) bond motifs is 1. The zero-order chi connectivity index (χ0) is 16.3. The molecule has 0 fully saturated rings. The van der Waals surface area contributed by atoms with Gasteiger partial charge in [-0.3, -0.25) is 9.59 Å². The van der Waals surface area contributed by atoms with E-state index in [0.29, 0.717) is 11.8 Å². The van der Waals surface area contributed by atoms with Crippen molar-refractivity contribution in [1.29, 1.82) is 0 Å². The lowest BCUT2D eigenvalue weighted by Gasteiger charge is -2.17. The van der Waals surface area contributed by atoms with E-state index in [-0.39, 0.29) is 11.7 Å². The molecule has 0 bridgehead atoms. The average Bonchev–Trinajstić information content (AvgIpc) is 2.85. The van der Waals surface area contributed by atoms with Crippen LogP contribution in [0.4, 0.5) is 5.69 Å². The van der Waals surface area contributed by atoms with Gasteiger partial charge in [-0.1, -0.05) is 27.2 Å². The second kappa shape index (κ2) is 6.64. The summed E-state index contributed by atoms with van der Waals surface area (Å²) in [7, 11) is 0. The molecule has 0 radical (unpaired) electrons. The van der Waals surface area contributed by atoms with Crippen LogP contribution in [0.5, 0.6) is 0 Å². The summed E-state index contributed by atoms with van der Waals surface area (Å²) in [5.41, 5.74) is 3.22. The number of benzene rings is 1. The molecule has 0 saturated carbocycles. The normalized spacial score (nSPS) is 14.1. The highest BCUT2D eigenvalue weighted by molar-refractivity contribution is 5.98. The summed E-state index contributed by atoms with van der Waals surface area (Å²) in [5.74, 6) is 0.290. The van der Waals surface area contributed by atoms with Crippen LogP contribution in [0.2, 0.25) is 0 Å². The van der Waals surface area contributed by atoms with Gasteiger partial charge in [-0.05, 0) is 48.4 Å². The molecule has 0 aromatic heterocycles. The van der Waals surface area contributed by atoms with Gasteiger partial charge in [0.05, 0.1) is 0 Å². The molecule has 0 N–H and O–H groups in total. The summed E-state index contributed by atoms with van der Waals surface area (Å²) in [6.45, 7) is 9.01. The van der Waals surface area contributed by atoms with Gasteiger partial charge in [-0.25, -0.2) is 0 Å². The Hall–Kier alpha value is -1.64. The summed E-state index contributed by atoms with van der Waals surface area (Å²) in [6.07, 6.45) is 4.66. The van der Waals surface area contributed by atoms with Crippen molar-refractivity contribution < 1.29 is 9.59 Å². The topological polar surface area (TPSA) is 37.4 Å². The minimum Gasteiger partial charge on any atom is -0.312 e. The van der Waals surface area contributed by atoms with E-state index >= 15 is 0 Å². The highest BCUT2D eigenvalue weighted by atomic mass is 16.2. The molecule has 2 rings (SSSR count). The van der Waals surface area contributed by atoms with Crippen LogP contribution in [-0.4, -0.2) is 18.2 Å². The Bertz CT molecular complexity index is 569. The maximum atomic E-state index is 12.3. The van der Waals surface area contributed by atoms with E-state index in [9.17, 15) is 9.59 Å². The zero-order valence-corrected chi connectivity index (χ0v) is 14.2. The number of carbonyl (C=O) groups excluding carboxylic acids is 2. The standard InChI is InChI=1S/C19H27NO2/c1-14(21)20-12-10-15-13-16(8-9-17(15)20)18(22)7-5-6-11-19(2,3)4/h8-9,13H,5-7,10-12H2,1-4H3. The van der Waals surface area contributed by atoms with Gasteiger partial charge in [-0.2, -0.15) is 0 Å². The highest BCUT2D eigenvalue weighted by Gasteiger charge is 2.23. The van der Waals surface area contributed by atoms with Crippen LogP contribution in [0.1, 0.15) is 69.3 Å². The third kappa shape index (κ3) is 4.19. The van der Waals surface area contributed by atoms with Crippen LogP contribution in [-0.2, 0) is 11.2 Å². The largest absolute Gasteiger partial charge is 0.312 e. The minimum absolute atomic E-state index is 0.0695. The molecule has 0 saturated heterocycles. The number of amides is 1. The molecule has 1 aromatic carbocycles. The smallest absolute Gasteiger partial charge is 0.223 e. The van der Waals surface area contributed by atoms with Crippen molar-refractivity contribution in [2.75, 3.05) is 11.4 Å². The van der Waals surface area contributed by atoms with E-state index in [2.05, 4.69) is 20.8 Å². The van der Waals surface area contributed by atoms with Crippen LogP contribution >= 0.6 is 0 Å². The first-order valence-electron chi connectivity index (χ1n) is 8.22. The molecule has 0 atom stereocenters. The number of rotatable bonds is 5. The minimum atomic E-state index is 0.0695. The molecule has 1 aliphatic rings. The molecule has 22 heavy (non-hydrogen) atoms. The summed E-state index contributed by atoms with van der Waals surface area (Å²) < 4.78 is 0. The van der Waals surface area contributed by atoms with Gasteiger partial charge in [0.25, 0.3) is 0 Å². The number of carbonyl (C=O) groups is 2. The molecule has 1 heterocycles. The van der Waals surface area contributed by atoms with E-state index < -0.39 is 0 Å². The van der Waals surface area contributed by atoms with Crippen molar-refractivity contribution in [2.45, 2.75) is 59.8 Å². The van der Waals surface area contributed by atoms with Crippen LogP contribution < -0.4 is 4.90 Å². The quantitative estimate of drug-likeness (QED) is 0.597. The third-order valence-corrected chi connectivity index (χ3v) is 4.26. The first-order valence-corrected chi connectivity index (χ1v) is 8.22. The lowest BCUT2D eigenvalue weighted by molar-refractivity contribution is -0.116. The van der Waals surface area contributed by atoms with Gasteiger partial charge in [0.2, 0.25) is 5.91 Å². The number of Topliss-reactive ketones (excluding diaryl/α,β-unsaturated/α-hetero) is 1. The van der Waals surface area contributed by atoms with Crippen molar-refractivity contribution in [3.05, 3.63) is 29.3 Å². The summed E-state index contributed by atoms with van der Waals surface area (Å²) in [4.78, 5) is 25.6. The Morgan fingerprint density at radius 2 is 1.91 bits per heavy atom. The summed E-state index contributed by atoms with van der Waals surface area (Å²) >= 11 is 0. The maximum absolute atomic E-state index is 12.3. The summed E-state index contributed by atoms with van der Waals surface area (Å²) in [5, 5.41) is 0. The number of nitrogens with zero attached hydrogens (tertiary/aromatic N) is 1. The molecule has 1 aliphatic heterocycles. The van der Waals surface area contributed by atoms with Gasteiger partial charge in [0.15, 0.2) is 5.78 Å². The fourth-order valence-corrected chi connectivity index (χ4v) is 2.99. The summed E-state index contributed by atoms with van der Waals surface area (Å²) in [6, 6.07) is 5.77. The molecule has 1 amide bonds. The van der Waals surface area contributed by atoms with Gasteiger partial charge in [0, 0.05) is 31.1 Å². The fourth-order valence-electron chi connectivity index (χ4n) is 2.99. The Kier molecular flexibility index (Phi) is 5.05. The van der Waals surface area contributed by atoms with Crippen molar-refractivity contribution in [1.82, 2.24) is 0 Å². The van der Waals surface area contributed by atoms with E-state index in [1.54, 1.807) is 11.8 Å². The van der Waals surface area contributed by atoms with Gasteiger partial charge >= 0.3 is 0 Å². The Morgan fingerprint density at radius 1 is 1.18 bits per heavy atom. The maximum Gasteiger partial charge on any atom is 0.223 e. The SMILES string of the molecule is CC(=O)N1CCc2cc(C(=O)CCCCC(C)(C)C)ccc21. The third-order valence-electron chi connectivity index (χ3n) is 4.26. The average molecular weight is 301 g/mol. The van der Waals surface area contributed by atoms with Crippen molar-refractivity contribution in [3.8, 4) is 0 Å². The van der Waals surface area contributed by atoms with Crippen molar-refractivity contribution in [2.24, 2.45) is 5.41 Å². The number of hydrogen-bond acceptors (Lipinski definition) is 2. The van der Waals surface area contributed by atoms with E-state index in [1.807, 2.05) is 18.2 Å². The predicted molar refractivity (Wildman–Crippen MR) is 90.4 cm³/mol. The predicted octanol–water partition coefficient (Wildman–Crippen LogP) is 4.38. The number of unbranched alkanes of at least 4 members (excludes halogenated alkanes) is 1. The van der Waals surface area contributed by atoms with E-state index in [4.69, 9.17) is 0 Å². The second-order valence-corrected chi connectivity index (χ2v) is 7.46. The van der Waals surface area contributed by atoms with Gasteiger partial charge in [0.1, 0.15) is 0 Å². The molecule has 1 aromatic rings. The molecule has 120 valence electrons. The van der Waals surface area contributed by atoms with Crippen LogP contribution in [0.25, 0.3) is 0 Å². The van der Waals surface area contributed by atoms with E-state index in [1.165, 1.54) is 0 Å². The molecular formula is C19H27NO2. The van der Waals surface area contributed by atoms with Crippen LogP contribution in [0.3, 0.4) is 0 Å². The molecule has 0 spiro atoms. The zero-order valence-electron chi connectivity index (χ0n) is 14.2.